The SMILES string of the molecule is CN(C)C(=O)CCNC(=O)c1cccc2c1CCCN2.Cl. The molecule has 2 amide bonds. The molecule has 5 nitrogen and oxygen atoms in total. The van der Waals surface area contributed by atoms with Crippen molar-refractivity contribution in [3.05, 3.63) is 29.3 Å². The second-order valence-corrected chi connectivity index (χ2v) is 5.16. The average molecular weight is 312 g/mol. The van der Waals surface area contributed by atoms with E-state index in [1.54, 1.807) is 14.1 Å². The number of rotatable bonds is 4. The summed E-state index contributed by atoms with van der Waals surface area (Å²) in [6.07, 6.45) is 2.28. The Kier molecular flexibility index (Phi) is 6.49. The summed E-state index contributed by atoms with van der Waals surface area (Å²) in [7, 11) is 3.42. The van der Waals surface area contributed by atoms with E-state index in [0.29, 0.717) is 18.5 Å². The molecule has 0 saturated heterocycles. The van der Waals surface area contributed by atoms with Gasteiger partial charge in [0.25, 0.3) is 5.91 Å². The third-order valence-electron chi connectivity index (χ3n) is 3.46. The minimum absolute atomic E-state index is 0. The number of halogens is 1. The van der Waals surface area contributed by atoms with Crippen molar-refractivity contribution < 1.29 is 9.59 Å². The van der Waals surface area contributed by atoms with Crippen molar-refractivity contribution in [3.63, 3.8) is 0 Å². The van der Waals surface area contributed by atoms with E-state index in [0.717, 1.165) is 30.6 Å². The summed E-state index contributed by atoms with van der Waals surface area (Å²) in [5, 5.41) is 6.13. The third kappa shape index (κ3) is 4.36. The molecule has 0 saturated carbocycles. The van der Waals surface area contributed by atoms with Gasteiger partial charge in [-0.25, -0.2) is 0 Å². The van der Waals surface area contributed by atoms with Crippen LogP contribution in [-0.4, -0.2) is 43.9 Å². The number of amides is 2. The fraction of sp³-hybridized carbons (Fsp3) is 0.467. The highest BCUT2D eigenvalue weighted by Crippen LogP contribution is 2.25. The van der Waals surface area contributed by atoms with Crippen LogP contribution in [0.3, 0.4) is 0 Å². The van der Waals surface area contributed by atoms with Crippen LogP contribution in [0.4, 0.5) is 5.69 Å². The van der Waals surface area contributed by atoms with Gasteiger partial charge in [0, 0.05) is 44.9 Å². The molecule has 0 radical (unpaired) electrons. The molecule has 0 atom stereocenters. The van der Waals surface area contributed by atoms with Crippen LogP contribution in [0.2, 0.25) is 0 Å². The van der Waals surface area contributed by atoms with Gasteiger partial charge in [0.1, 0.15) is 0 Å². The van der Waals surface area contributed by atoms with E-state index in [1.807, 2.05) is 18.2 Å². The van der Waals surface area contributed by atoms with E-state index in [1.165, 1.54) is 4.90 Å². The highest BCUT2D eigenvalue weighted by molar-refractivity contribution is 5.97. The van der Waals surface area contributed by atoms with E-state index in [-0.39, 0.29) is 24.2 Å². The minimum Gasteiger partial charge on any atom is -0.385 e. The van der Waals surface area contributed by atoms with E-state index in [4.69, 9.17) is 0 Å². The molecule has 0 unspecified atom stereocenters. The maximum absolute atomic E-state index is 12.2. The van der Waals surface area contributed by atoms with Crippen LogP contribution >= 0.6 is 12.4 Å². The van der Waals surface area contributed by atoms with Gasteiger partial charge < -0.3 is 15.5 Å². The molecular weight excluding hydrogens is 290 g/mol. The topological polar surface area (TPSA) is 61.4 Å². The number of hydrogen-bond acceptors (Lipinski definition) is 3. The van der Waals surface area contributed by atoms with Gasteiger partial charge in [-0.1, -0.05) is 6.07 Å². The van der Waals surface area contributed by atoms with Crippen LogP contribution in [0.25, 0.3) is 0 Å². The van der Waals surface area contributed by atoms with Gasteiger partial charge in [-0.15, -0.1) is 12.4 Å². The zero-order chi connectivity index (χ0) is 14.5. The van der Waals surface area contributed by atoms with Crippen LogP contribution < -0.4 is 10.6 Å². The van der Waals surface area contributed by atoms with Gasteiger partial charge in [-0.05, 0) is 30.5 Å². The molecule has 1 heterocycles. The number of nitrogens with zero attached hydrogens (tertiary/aromatic N) is 1. The van der Waals surface area contributed by atoms with Gasteiger partial charge in [0.05, 0.1) is 0 Å². The quantitative estimate of drug-likeness (QED) is 0.889. The normalized spacial score (nSPS) is 12.5. The van der Waals surface area contributed by atoms with Crippen molar-refractivity contribution in [1.29, 1.82) is 0 Å². The first-order chi connectivity index (χ1) is 9.59. The molecule has 0 bridgehead atoms. The first-order valence-electron chi connectivity index (χ1n) is 6.93. The lowest BCUT2D eigenvalue weighted by atomic mass is 9.97. The molecule has 2 N–H and O–H groups in total. The largest absolute Gasteiger partial charge is 0.385 e. The Morgan fingerprint density at radius 3 is 2.81 bits per heavy atom. The highest BCUT2D eigenvalue weighted by atomic mass is 35.5. The van der Waals surface area contributed by atoms with Crippen molar-refractivity contribution in [3.8, 4) is 0 Å². The molecule has 1 aromatic rings. The third-order valence-corrected chi connectivity index (χ3v) is 3.46. The lowest BCUT2D eigenvalue weighted by Gasteiger charge is -2.20. The molecule has 6 heteroatoms. The second kappa shape index (κ2) is 7.88. The molecule has 0 fully saturated rings. The van der Waals surface area contributed by atoms with Gasteiger partial charge in [0.15, 0.2) is 0 Å². The molecule has 1 aliphatic heterocycles. The zero-order valence-electron chi connectivity index (χ0n) is 12.4. The van der Waals surface area contributed by atoms with Crippen molar-refractivity contribution in [2.75, 3.05) is 32.5 Å². The van der Waals surface area contributed by atoms with Crippen LogP contribution in [0.1, 0.15) is 28.8 Å². The number of anilines is 1. The number of carbonyl (C=O) groups is 2. The fourth-order valence-electron chi connectivity index (χ4n) is 2.32. The van der Waals surface area contributed by atoms with Crippen molar-refractivity contribution >= 4 is 29.9 Å². The van der Waals surface area contributed by atoms with Crippen molar-refractivity contribution in [1.82, 2.24) is 10.2 Å². The Balaban J connectivity index is 0.00000220. The van der Waals surface area contributed by atoms with Crippen LogP contribution in [-0.2, 0) is 11.2 Å². The number of carbonyl (C=O) groups excluding carboxylic acids is 2. The van der Waals surface area contributed by atoms with E-state index in [9.17, 15) is 9.59 Å². The summed E-state index contributed by atoms with van der Waals surface area (Å²) >= 11 is 0. The van der Waals surface area contributed by atoms with Crippen LogP contribution in [0, 0.1) is 0 Å². The predicted molar refractivity (Wildman–Crippen MR) is 86.1 cm³/mol. The minimum atomic E-state index is -0.0999. The van der Waals surface area contributed by atoms with Gasteiger partial charge in [0.2, 0.25) is 5.91 Å². The van der Waals surface area contributed by atoms with E-state index >= 15 is 0 Å². The molecular formula is C15H22ClN3O2. The lowest BCUT2D eigenvalue weighted by Crippen LogP contribution is -2.31. The molecule has 21 heavy (non-hydrogen) atoms. The van der Waals surface area contributed by atoms with Crippen LogP contribution in [0.15, 0.2) is 18.2 Å². The monoisotopic (exact) mass is 311 g/mol. The fourth-order valence-corrected chi connectivity index (χ4v) is 2.32. The summed E-state index contributed by atoms with van der Waals surface area (Å²) in [5.41, 5.74) is 2.84. The summed E-state index contributed by atoms with van der Waals surface area (Å²) in [4.78, 5) is 25.2. The van der Waals surface area contributed by atoms with Gasteiger partial charge in [-0.3, -0.25) is 9.59 Å². The zero-order valence-corrected chi connectivity index (χ0v) is 13.3. The second-order valence-electron chi connectivity index (χ2n) is 5.16. The summed E-state index contributed by atoms with van der Waals surface area (Å²) < 4.78 is 0. The van der Waals surface area contributed by atoms with E-state index in [2.05, 4.69) is 10.6 Å². The Morgan fingerprint density at radius 2 is 2.10 bits per heavy atom. The number of hydrogen-bond donors (Lipinski definition) is 2. The first kappa shape index (κ1) is 17.3. The molecule has 116 valence electrons. The lowest BCUT2D eigenvalue weighted by molar-refractivity contribution is -0.128. The Hall–Kier alpha value is -1.75. The summed E-state index contributed by atoms with van der Waals surface area (Å²) in [6, 6.07) is 5.73. The molecule has 0 spiro atoms. The standard InChI is InChI=1S/C15H21N3O2.ClH/c1-18(2)14(19)8-10-17-15(20)12-5-3-7-13-11(12)6-4-9-16-13;/h3,5,7,16H,4,6,8-10H2,1-2H3,(H,17,20);1H. The molecule has 0 aromatic heterocycles. The van der Waals surface area contributed by atoms with Gasteiger partial charge in [-0.2, -0.15) is 0 Å². The maximum Gasteiger partial charge on any atom is 0.251 e. The molecule has 1 aliphatic rings. The number of fused-ring (bicyclic) bond motifs is 1. The van der Waals surface area contributed by atoms with Crippen LogP contribution in [0.5, 0.6) is 0 Å². The Labute approximate surface area is 131 Å². The van der Waals surface area contributed by atoms with Crippen molar-refractivity contribution in [2.24, 2.45) is 0 Å². The predicted octanol–water partition coefficient (Wildman–Crippen LogP) is 1.67. The Bertz CT molecular complexity index is 518. The van der Waals surface area contributed by atoms with Gasteiger partial charge >= 0.3 is 0 Å². The summed E-state index contributed by atoms with van der Waals surface area (Å²) in [6.45, 7) is 1.32. The average Bonchev–Trinajstić information content (AvgIpc) is 2.46. The number of nitrogens with one attached hydrogen (secondary N) is 2. The van der Waals surface area contributed by atoms with E-state index < -0.39 is 0 Å². The molecule has 2 rings (SSSR count). The smallest absolute Gasteiger partial charge is 0.251 e. The first-order valence-corrected chi connectivity index (χ1v) is 6.93. The molecule has 0 aliphatic carbocycles. The maximum atomic E-state index is 12.2. The highest BCUT2D eigenvalue weighted by Gasteiger charge is 2.17. The number of benzene rings is 1. The summed E-state index contributed by atoms with van der Waals surface area (Å²) in [5.74, 6) is -0.0841. The Morgan fingerprint density at radius 1 is 1.33 bits per heavy atom. The van der Waals surface area contributed by atoms with Crippen molar-refractivity contribution in [2.45, 2.75) is 19.3 Å². The molecule has 1 aromatic carbocycles.